The molecular weight excluding hydrogens is 889 g/mol. The molecule has 70 heavy (non-hydrogen) atoms. The van der Waals surface area contributed by atoms with Crippen LogP contribution in [-0.2, 0) is 38.7 Å². The highest BCUT2D eigenvalue weighted by molar-refractivity contribution is 6.24. The van der Waals surface area contributed by atoms with E-state index in [1.54, 1.807) is 42.5 Å². The number of aliphatic hydroxyl groups is 1. The van der Waals surface area contributed by atoms with E-state index in [1.807, 2.05) is 77.7 Å². The van der Waals surface area contributed by atoms with Gasteiger partial charge in [0, 0.05) is 37.1 Å². The first kappa shape index (κ1) is 46.7. The minimum atomic E-state index is -2.08. The van der Waals surface area contributed by atoms with Gasteiger partial charge in [-0.15, -0.1) is 0 Å². The number of esters is 1. The highest BCUT2D eigenvalue weighted by Crippen LogP contribution is 2.66. The van der Waals surface area contributed by atoms with Gasteiger partial charge in [0.1, 0.15) is 35.5 Å². The molecule has 3 amide bonds. The van der Waals surface area contributed by atoms with Crippen molar-refractivity contribution < 1.29 is 48.3 Å². The van der Waals surface area contributed by atoms with Crippen molar-refractivity contribution in [2.75, 3.05) is 61.7 Å². The van der Waals surface area contributed by atoms with Crippen LogP contribution in [0, 0.1) is 17.8 Å². The van der Waals surface area contributed by atoms with Crippen LogP contribution in [0.3, 0.4) is 0 Å². The number of hydrogen-bond donors (Lipinski definition) is 3. The normalized spacial score (nSPS) is 25.0. The number of ether oxygens (including phenoxy) is 4. The van der Waals surface area contributed by atoms with Crippen LogP contribution in [0.1, 0.15) is 84.5 Å². The van der Waals surface area contributed by atoms with Crippen LogP contribution in [-0.4, -0.2) is 97.3 Å². The summed E-state index contributed by atoms with van der Waals surface area (Å²) in [5, 5.41) is 25.6. The molecule has 0 aromatic heterocycles. The summed E-state index contributed by atoms with van der Waals surface area (Å²) in [7, 11) is 1.47. The minimum Gasteiger partial charge on any atom is -0.508 e. The number of aromatic hydroxyl groups is 1. The number of benzene rings is 5. The first-order valence-electron chi connectivity index (χ1n) is 24.1. The minimum absolute atomic E-state index is 0.0440. The molecule has 3 saturated heterocycles. The van der Waals surface area contributed by atoms with Crippen molar-refractivity contribution in [1.82, 2.24) is 4.90 Å². The third-order valence-electron chi connectivity index (χ3n) is 14.5. The standard InChI is InChI=1S/C56H56N4O10/c1-67-34-35-69-54(65)59-45-25-16-37(26-29-55(66)27-10-2-3-11-28-55)36-44(45)56(53(59)64)46(51(62)57-41-19-21-42(22-20-41)58-30-32-68-33-31-58)48-52(63)70-49(39-14-8-5-9-15-39)47(38-12-6-4-7-13-38)60(48)50(56)40-17-23-43(61)24-18-40/h4-9,12-25,36,46-50,61,66H,2-3,10-11,27-28,30-35H2,1H3,(H,57,62). The van der Waals surface area contributed by atoms with Crippen LogP contribution in [0.2, 0.25) is 0 Å². The largest absolute Gasteiger partial charge is 0.508 e. The molecule has 5 aliphatic rings. The van der Waals surface area contributed by atoms with Crippen LogP contribution in [0.5, 0.6) is 5.75 Å². The molecule has 5 aromatic carbocycles. The molecule has 360 valence electrons. The number of anilines is 3. The number of carbonyl (C=O) groups excluding carboxylic acids is 4. The van der Waals surface area contributed by atoms with Gasteiger partial charge in [0.2, 0.25) is 11.8 Å². The molecule has 10 rings (SSSR count). The van der Waals surface area contributed by atoms with Gasteiger partial charge in [-0.05, 0) is 103 Å². The van der Waals surface area contributed by atoms with E-state index in [-0.39, 0.29) is 30.2 Å². The molecule has 0 radical (unpaired) electrons. The summed E-state index contributed by atoms with van der Waals surface area (Å²) in [5.41, 5.74) is 0.777. The number of hydrogen-bond acceptors (Lipinski definition) is 12. The molecule has 6 unspecified atom stereocenters. The van der Waals surface area contributed by atoms with E-state index in [9.17, 15) is 15.0 Å². The van der Waals surface area contributed by atoms with E-state index in [0.29, 0.717) is 61.5 Å². The van der Waals surface area contributed by atoms with Crippen LogP contribution in [0.4, 0.5) is 21.9 Å². The number of morpholine rings is 2. The summed E-state index contributed by atoms with van der Waals surface area (Å²) in [6, 6.07) is 34.2. The number of amides is 3. The lowest BCUT2D eigenvalue weighted by molar-refractivity contribution is -0.177. The number of fused-ring (bicyclic) bond motifs is 3. The van der Waals surface area contributed by atoms with Crippen molar-refractivity contribution in [2.24, 2.45) is 5.92 Å². The van der Waals surface area contributed by atoms with Gasteiger partial charge in [0.15, 0.2) is 0 Å². The van der Waals surface area contributed by atoms with Crippen LogP contribution >= 0.6 is 0 Å². The van der Waals surface area contributed by atoms with Crippen molar-refractivity contribution >= 4 is 40.9 Å². The Kier molecular flexibility index (Phi) is 13.2. The third kappa shape index (κ3) is 8.57. The van der Waals surface area contributed by atoms with Crippen LogP contribution in [0.25, 0.3) is 0 Å². The van der Waals surface area contributed by atoms with Gasteiger partial charge >= 0.3 is 12.1 Å². The fourth-order valence-corrected chi connectivity index (χ4v) is 11.3. The second-order valence-electron chi connectivity index (χ2n) is 18.7. The smallest absolute Gasteiger partial charge is 0.421 e. The van der Waals surface area contributed by atoms with Crippen LogP contribution in [0.15, 0.2) is 127 Å². The molecule has 3 N–H and O–H groups in total. The number of cyclic esters (lactones) is 1. The maximum Gasteiger partial charge on any atom is 0.421 e. The molecular formula is C56H56N4O10. The zero-order chi connectivity index (χ0) is 48.4. The van der Waals surface area contributed by atoms with E-state index in [1.165, 1.54) is 19.2 Å². The van der Waals surface area contributed by atoms with E-state index < -0.39 is 65.0 Å². The topological polar surface area (TPSA) is 167 Å². The molecule has 1 saturated carbocycles. The van der Waals surface area contributed by atoms with E-state index in [2.05, 4.69) is 22.1 Å². The quantitative estimate of drug-likeness (QED) is 0.0570. The zero-order valence-corrected chi connectivity index (χ0v) is 39.0. The summed E-state index contributed by atoms with van der Waals surface area (Å²) < 4.78 is 23.1. The molecule has 4 heterocycles. The van der Waals surface area contributed by atoms with Crippen molar-refractivity contribution in [3.63, 3.8) is 0 Å². The lowest BCUT2D eigenvalue weighted by Gasteiger charge is -2.46. The third-order valence-corrected chi connectivity index (χ3v) is 14.5. The predicted octanol–water partition coefficient (Wildman–Crippen LogP) is 7.75. The lowest BCUT2D eigenvalue weighted by atomic mass is 9.65. The van der Waals surface area contributed by atoms with Crippen molar-refractivity contribution in [3.8, 4) is 17.6 Å². The Labute approximate surface area is 407 Å². The number of rotatable bonds is 9. The second kappa shape index (κ2) is 19.8. The van der Waals surface area contributed by atoms with E-state index in [0.717, 1.165) is 41.8 Å². The molecule has 4 aliphatic heterocycles. The van der Waals surface area contributed by atoms with Gasteiger partial charge in [-0.25, -0.2) is 9.69 Å². The summed E-state index contributed by atoms with van der Waals surface area (Å²) in [6.07, 6.45) is 2.75. The average Bonchev–Trinajstić information content (AvgIpc) is 3.72. The van der Waals surface area contributed by atoms with Crippen molar-refractivity contribution in [2.45, 2.75) is 73.8 Å². The average molecular weight is 945 g/mol. The molecule has 6 atom stereocenters. The van der Waals surface area contributed by atoms with E-state index >= 15 is 14.4 Å². The highest BCUT2D eigenvalue weighted by atomic mass is 16.6. The van der Waals surface area contributed by atoms with Gasteiger partial charge in [-0.2, -0.15) is 0 Å². The molecule has 0 bridgehead atoms. The monoisotopic (exact) mass is 944 g/mol. The maximum atomic E-state index is 16.4. The van der Waals surface area contributed by atoms with Gasteiger partial charge in [-0.1, -0.05) is 97.5 Å². The Morgan fingerprint density at radius 3 is 2.13 bits per heavy atom. The Hall–Kier alpha value is -7.02. The molecule has 1 aliphatic carbocycles. The Balaban J connectivity index is 1.22. The SMILES string of the molecule is COCCOC(=O)N1C(=O)C2(c3cc(C#CC4(O)CCCCCC4)ccc31)C(C(=O)Nc1ccc(N3CCOCC3)cc1)C1C(=O)OC(c3ccccc3)C(c3ccccc3)N1C2c1ccc(O)cc1. The first-order chi connectivity index (χ1) is 34.1. The number of methoxy groups -OCH3 is 1. The highest BCUT2D eigenvalue weighted by Gasteiger charge is 2.75. The summed E-state index contributed by atoms with van der Waals surface area (Å²) >= 11 is 0. The lowest BCUT2D eigenvalue weighted by Crippen LogP contribution is -2.54. The predicted molar refractivity (Wildman–Crippen MR) is 261 cm³/mol. The second-order valence-corrected chi connectivity index (χ2v) is 18.7. The number of phenolic OH excluding ortho intramolecular Hbond substituents is 1. The first-order valence-corrected chi connectivity index (χ1v) is 24.1. The van der Waals surface area contributed by atoms with Crippen molar-refractivity contribution in [3.05, 3.63) is 155 Å². The van der Waals surface area contributed by atoms with Gasteiger partial charge in [-0.3, -0.25) is 19.3 Å². The van der Waals surface area contributed by atoms with Gasteiger partial charge in [0.05, 0.1) is 43.5 Å². The fraction of sp³-hybridized carbons (Fsp3) is 0.357. The number of nitrogens with one attached hydrogen (secondary N) is 1. The summed E-state index contributed by atoms with van der Waals surface area (Å²) in [5.74, 6) is 2.54. The van der Waals surface area contributed by atoms with E-state index in [4.69, 9.17) is 18.9 Å². The molecule has 4 fully saturated rings. The van der Waals surface area contributed by atoms with Gasteiger partial charge < -0.3 is 39.4 Å². The Morgan fingerprint density at radius 2 is 1.46 bits per heavy atom. The number of imide groups is 1. The maximum absolute atomic E-state index is 16.4. The number of nitrogens with zero attached hydrogens (tertiary/aromatic N) is 3. The molecule has 14 nitrogen and oxygen atoms in total. The van der Waals surface area contributed by atoms with Crippen molar-refractivity contribution in [1.29, 1.82) is 0 Å². The molecule has 14 heteroatoms. The molecule has 5 aromatic rings. The summed E-state index contributed by atoms with van der Waals surface area (Å²) in [4.78, 5) is 67.5. The van der Waals surface area contributed by atoms with Crippen LogP contribution < -0.4 is 15.1 Å². The number of phenols is 1. The Morgan fingerprint density at radius 1 is 0.786 bits per heavy atom. The van der Waals surface area contributed by atoms with Gasteiger partial charge in [0.25, 0.3) is 0 Å². The fourth-order valence-electron chi connectivity index (χ4n) is 11.3. The number of carbonyl (C=O) groups is 4. The Bertz CT molecular complexity index is 2780. The summed E-state index contributed by atoms with van der Waals surface area (Å²) in [6.45, 7) is 2.47. The zero-order valence-electron chi connectivity index (χ0n) is 39.0. The molecule has 1 spiro atoms.